The number of thiocyanates is 1. The minimum atomic E-state index is -0.442. The van der Waals surface area contributed by atoms with E-state index in [0.29, 0.717) is 5.02 Å². The van der Waals surface area contributed by atoms with Crippen LogP contribution in [0, 0.1) is 20.8 Å². The molecule has 1 aromatic rings. The Morgan fingerprint density at radius 2 is 2.13 bits per heavy atom. The van der Waals surface area contributed by atoms with E-state index >= 15 is 0 Å². The van der Waals surface area contributed by atoms with Gasteiger partial charge >= 0.3 is 0 Å². The van der Waals surface area contributed by atoms with Crippen LogP contribution in [-0.2, 0) is 0 Å². The highest BCUT2D eigenvalue weighted by molar-refractivity contribution is 8.03. The Morgan fingerprint density at radius 3 is 2.60 bits per heavy atom. The van der Waals surface area contributed by atoms with Crippen LogP contribution in [0.5, 0.6) is 0 Å². The lowest BCUT2D eigenvalue weighted by molar-refractivity contribution is -0.479. The summed E-state index contributed by atoms with van der Waals surface area (Å²) in [5.41, 5.74) is 0.739. The zero-order valence-electron chi connectivity index (χ0n) is 7.59. The van der Waals surface area contributed by atoms with Crippen LogP contribution in [0.15, 0.2) is 24.3 Å². The minimum absolute atomic E-state index is 0.264. The number of benzene rings is 1. The standard InChI is InChI=1S/C9H7ClN2O2S/c10-8-3-1-7(2-4-8)9(15-6-11)5-12(13)14/h1-4,9H,5H2. The topological polar surface area (TPSA) is 66.9 Å². The maximum Gasteiger partial charge on any atom is 0.220 e. The fourth-order valence-corrected chi connectivity index (χ4v) is 1.83. The number of nitrogens with zero attached hydrogens (tertiary/aromatic N) is 2. The van der Waals surface area contributed by atoms with Crippen LogP contribution in [-0.4, -0.2) is 11.5 Å². The van der Waals surface area contributed by atoms with Crippen LogP contribution in [0.4, 0.5) is 0 Å². The molecule has 0 N–H and O–H groups in total. The van der Waals surface area contributed by atoms with Crippen molar-refractivity contribution in [1.29, 1.82) is 5.26 Å². The molecule has 0 radical (unpaired) electrons. The molecule has 1 unspecified atom stereocenters. The van der Waals surface area contributed by atoms with Gasteiger partial charge in [-0.2, -0.15) is 5.26 Å². The molecule has 0 amide bonds. The van der Waals surface area contributed by atoms with E-state index in [1.165, 1.54) is 0 Å². The highest BCUT2D eigenvalue weighted by Crippen LogP contribution is 2.28. The summed E-state index contributed by atoms with van der Waals surface area (Å²) in [5, 5.41) is 20.9. The molecule has 0 aliphatic heterocycles. The maximum atomic E-state index is 10.4. The molecule has 0 spiro atoms. The van der Waals surface area contributed by atoms with Gasteiger partial charge in [-0.15, -0.1) is 0 Å². The van der Waals surface area contributed by atoms with Gasteiger partial charge in [-0.3, -0.25) is 10.1 Å². The van der Waals surface area contributed by atoms with Gasteiger partial charge in [-0.25, -0.2) is 0 Å². The molecule has 0 heterocycles. The van der Waals surface area contributed by atoms with Crippen molar-refractivity contribution < 1.29 is 4.92 Å². The quantitative estimate of drug-likeness (QED) is 0.463. The third-order valence-corrected chi connectivity index (χ3v) is 2.81. The van der Waals surface area contributed by atoms with Crippen LogP contribution < -0.4 is 0 Å². The van der Waals surface area contributed by atoms with Gasteiger partial charge in [-0.1, -0.05) is 23.7 Å². The Labute approximate surface area is 96.0 Å². The summed E-state index contributed by atoms with van der Waals surface area (Å²) in [5.74, 6) is 0. The number of thioether (sulfide) groups is 1. The molecule has 1 rings (SSSR count). The number of halogens is 1. The lowest BCUT2D eigenvalue weighted by atomic mass is 10.1. The monoisotopic (exact) mass is 242 g/mol. The zero-order chi connectivity index (χ0) is 11.3. The van der Waals surface area contributed by atoms with Crippen LogP contribution in [0.3, 0.4) is 0 Å². The highest BCUT2D eigenvalue weighted by Gasteiger charge is 2.18. The van der Waals surface area contributed by atoms with Crippen LogP contribution in [0.25, 0.3) is 0 Å². The third-order valence-electron chi connectivity index (χ3n) is 1.75. The first-order valence-electron chi connectivity index (χ1n) is 4.05. The first kappa shape index (κ1) is 11.8. The molecule has 6 heteroatoms. The van der Waals surface area contributed by atoms with Crippen molar-refractivity contribution in [2.24, 2.45) is 0 Å². The number of nitro groups is 1. The summed E-state index contributed by atoms with van der Waals surface area (Å²) >= 11 is 6.58. The molecule has 1 atom stereocenters. The van der Waals surface area contributed by atoms with Crippen molar-refractivity contribution in [3.63, 3.8) is 0 Å². The molecule has 0 bridgehead atoms. The first-order chi connectivity index (χ1) is 7.13. The van der Waals surface area contributed by atoms with Gasteiger partial charge in [0.2, 0.25) is 6.54 Å². The van der Waals surface area contributed by atoms with Crippen molar-refractivity contribution in [3.8, 4) is 5.40 Å². The summed E-state index contributed by atoms with van der Waals surface area (Å²) in [4.78, 5) is 9.95. The van der Waals surface area contributed by atoms with Gasteiger partial charge in [0.1, 0.15) is 10.7 Å². The SMILES string of the molecule is N#CSC(C[N+](=O)[O-])c1ccc(Cl)cc1. The van der Waals surface area contributed by atoms with Crippen molar-refractivity contribution in [3.05, 3.63) is 45.0 Å². The summed E-state index contributed by atoms with van der Waals surface area (Å²) in [6.45, 7) is -0.264. The average Bonchev–Trinajstić information content (AvgIpc) is 2.17. The number of hydrogen-bond donors (Lipinski definition) is 0. The summed E-state index contributed by atoms with van der Waals surface area (Å²) in [6, 6.07) is 6.70. The highest BCUT2D eigenvalue weighted by atomic mass is 35.5. The molecule has 0 aliphatic carbocycles. The molecule has 0 saturated heterocycles. The van der Waals surface area contributed by atoms with Gasteiger partial charge in [0.15, 0.2) is 0 Å². The Balaban J connectivity index is 2.84. The van der Waals surface area contributed by atoms with Crippen molar-refractivity contribution in [2.45, 2.75) is 5.25 Å². The molecule has 15 heavy (non-hydrogen) atoms. The summed E-state index contributed by atoms with van der Waals surface area (Å²) < 4.78 is 0. The molecule has 0 aromatic heterocycles. The first-order valence-corrected chi connectivity index (χ1v) is 5.31. The fourth-order valence-electron chi connectivity index (χ4n) is 1.09. The summed E-state index contributed by atoms with van der Waals surface area (Å²) in [6.07, 6.45) is 0. The third kappa shape index (κ3) is 3.78. The molecular weight excluding hydrogens is 236 g/mol. The van der Waals surface area contributed by atoms with E-state index in [9.17, 15) is 10.1 Å². The Bertz CT molecular complexity index is 388. The molecule has 78 valence electrons. The van der Waals surface area contributed by atoms with Crippen molar-refractivity contribution in [2.75, 3.05) is 6.54 Å². The lowest BCUT2D eigenvalue weighted by Crippen LogP contribution is -2.09. The predicted molar refractivity (Wildman–Crippen MR) is 59.3 cm³/mol. The molecular formula is C9H7ClN2O2S. The van der Waals surface area contributed by atoms with E-state index in [0.717, 1.165) is 17.3 Å². The second-order valence-electron chi connectivity index (χ2n) is 2.76. The molecule has 0 aliphatic rings. The summed E-state index contributed by atoms with van der Waals surface area (Å²) in [7, 11) is 0. The zero-order valence-corrected chi connectivity index (χ0v) is 9.16. The van der Waals surface area contributed by atoms with Crippen LogP contribution >= 0.6 is 23.4 Å². The van der Waals surface area contributed by atoms with Crippen molar-refractivity contribution in [1.82, 2.24) is 0 Å². The van der Waals surface area contributed by atoms with E-state index in [2.05, 4.69) is 0 Å². The van der Waals surface area contributed by atoms with Gasteiger partial charge < -0.3 is 0 Å². The average molecular weight is 243 g/mol. The van der Waals surface area contributed by atoms with Gasteiger partial charge in [-0.05, 0) is 29.5 Å². The minimum Gasteiger partial charge on any atom is -0.264 e. The number of rotatable bonds is 4. The van der Waals surface area contributed by atoms with E-state index in [4.69, 9.17) is 16.9 Å². The Morgan fingerprint density at radius 1 is 1.53 bits per heavy atom. The smallest absolute Gasteiger partial charge is 0.220 e. The number of nitriles is 1. The Kier molecular flexibility index (Phi) is 4.40. The van der Waals surface area contributed by atoms with Crippen LogP contribution in [0.2, 0.25) is 5.02 Å². The van der Waals surface area contributed by atoms with Gasteiger partial charge in [0.25, 0.3) is 0 Å². The maximum absolute atomic E-state index is 10.4. The number of hydrogen-bond acceptors (Lipinski definition) is 4. The van der Waals surface area contributed by atoms with E-state index in [1.807, 2.05) is 5.40 Å². The van der Waals surface area contributed by atoms with Gasteiger partial charge in [0, 0.05) is 9.95 Å². The molecule has 0 saturated carbocycles. The predicted octanol–water partition coefficient (Wildman–Crippen LogP) is 2.87. The second kappa shape index (κ2) is 5.59. The van der Waals surface area contributed by atoms with Crippen molar-refractivity contribution >= 4 is 23.4 Å². The largest absolute Gasteiger partial charge is 0.264 e. The molecule has 0 fully saturated rings. The fraction of sp³-hybridized carbons (Fsp3) is 0.222. The lowest BCUT2D eigenvalue weighted by Gasteiger charge is -2.07. The Hall–Kier alpha value is -1.25. The van der Waals surface area contributed by atoms with E-state index < -0.39 is 10.2 Å². The normalized spacial score (nSPS) is 11.7. The second-order valence-corrected chi connectivity index (χ2v) is 4.19. The molecule has 1 aromatic carbocycles. The molecule has 4 nitrogen and oxygen atoms in total. The van der Waals surface area contributed by atoms with E-state index in [-0.39, 0.29) is 6.54 Å². The van der Waals surface area contributed by atoms with Gasteiger partial charge in [0.05, 0.1) is 0 Å². The van der Waals surface area contributed by atoms with E-state index in [1.54, 1.807) is 24.3 Å². The van der Waals surface area contributed by atoms with Crippen LogP contribution in [0.1, 0.15) is 10.8 Å².